The zero-order chi connectivity index (χ0) is 16.1. The van der Waals surface area contributed by atoms with Gasteiger partial charge < -0.3 is 0 Å². The summed E-state index contributed by atoms with van der Waals surface area (Å²) in [6.45, 7) is 0. The zero-order valence-electron chi connectivity index (χ0n) is 11.2. The average Bonchev–Trinajstić information content (AvgIpc) is 2.46. The van der Waals surface area contributed by atoms with Crippen molar-refractivity contribution in [3.8, 4) is 0 Å². The van der Waals surface area contributed by atoms with Gasteiger partial charge in [-0.05, 0) is 48.6 Å². The van der Waals surface area contributed by atoms with Gasteiger partial charge in [0.25, 0.3) is 0 Å². The summed E-state index contributed by atoms with van der Waals surface area (Å²) in [5, 5.41) is 0. The summed E-state index contributed by atoms with van der Waals surface area (Å²) >= 11 is 6.43. The van der Waals surface area contributed by atoms with Crippen molar-refractivity contribution in [2.24, 2.45) is 0 Å². The summed E-state index contributed by atoms with van der Waals surface area (Å²) in [7, 11) is 0. The Morgan fingerprint density at radius 2 is 1.23 bits per heavy atom. The molecular formula is C17H10Br2F2O. The molecule has 0 radical (unpaired) electrons. The van der Waals surface area contributed by atoms with Crippen molar-refractivity contribution in [2.75, 3.05) is 0 Å². The van der Waals surface area contributed by atoms with Gasteiger partial charge in [0.2, 0.25) is 0 Å². The third-order valence-electron chi connectivity index (χ3n) is 2.83. The van der Waals surface area contributed by atoms with Gasteiger partial charge in [-0.2, -0.15) is 0 Å². The van der Waals surface area contributed by atoms with E-state index in [1.807, 2.05) is 0 Å². The molecule has 0 saturated heterocycles. The van der Waals surface area contributed by atoms with Crippen LogP contribution in [-0.2, 0) is 4.79 Å². The van der Waals surface area contributed by atoms with E-state index in [2.05, 4.69) is 31.9 Å². The second-order valence-electron chi connectivity index (χ2n) is 4.34. The fourth-order valence-electron chi connectivity index (χ4n) is 1.73. The first-order valence-corrected chi connectivity index (χ1v) is 7.86. The molecule has 112 valence electrons. The largest absolute Gasteiger partial charge is 0.290 e. The topological polar surface area (TPSA) is 17.1 Å². The highest BCUT2D eigenvalue weighted by Crippen LogP contribution is 2.22. The lowest BCUT2D eigenvalue weighted by Gasteiger charge is -2.00. The first-order chi connectivity index (χ1) is 10.5. The molecule has 0 spiro atoms. The normalized spacial score (nSPS) is 11.5. The molecule has 2 aromatic carbocycles. The Hall–Kier alpha value is -1.59. The highest BCUT2D eigenvalue weighted by atomic mass is 79.9. The first kappa shape index (κ1) is 16.8. The molecule has 1 nitrogen and oxygen atoms in total. The van der Waals surface area contributed by atoms with Crippen LogP contribution < -0.4 is 0 Å². The van der Waals surface area contributed by atoms with Crippen molar-refractivity contribution in [2.45, 2.75) is 0 Å². The predicted molar refractivity (Wildman–Crippen MR) is 91.3 cm³/mol. The van der Waals surface area contributed by atoms with Crippen molar-refractivity contribution >= 4 is 49.8 Å². The molecule has 0 aliphatic carbocycles. The van der Waals surface area contributed by atoms with Gasteiger partial charge in [0.15, 0.2) is 5.78 Å². The van der Waals surface area contributed by atoms with Crippen LogP contribution in [0, 0.1) is 11.6 Å². The van der Waals surface area contributed by atoms with E-state index in [1.54, 1.807) is 24.3 Å². The van der Waals surface area contributed by atoms with Gasteiger partial charge in [0.1, 0.15) is 11.6 Å². The molecule has 0 aliphatic rings. The Balaban J connectivity index is 2.17. The molecule has 0 fully saturated rings. The lowest BCUT2D eigenvalue weighted by molar-refractivity contribution is -0.110. The maximum absolute atomic E-state index is 13.6. The van der Waals surface area contributed by atoms with Crippen molar-refractivity contribution in [3.63, 3.8) is 0 Å². The second kappa shape index (κ2) is 7.61. The number of hydrogen-bond donors (Lipinski definition) is 0. The Kier molecular flexibility index (Phi) is 5.80. The number of benzene rings is 2. The fraction of sp³-hybridized carbons (Fsp3) is 0. The molecule has 2 rings (SSSR count). The number of rotatable bonds is 4. The van der Waals surface area contributed by atoms with Gasteiger partial charge >= 0.3 is 0 Å². The highest BCUT2D eigenvalue weighted by Gasteiger charge is 2.04. The van der Waals surface area contributed by atoms with Crippen LogP contribution in [0.3, 0.4) is 0 Å². The summed E-state index contributed by atoms with van der Waals surface area (Å²) in [5.41, 5.74) is 0.577. The number of halogens is 4. The Bertz CT molecular complexity index is 663. The van der Waals surface area contributed by atoms with Gasteiger partial charge in [-0.25, -0.2) is 8.78 Å². The van der Waals surface area contributed by atoms with Gasteiger partial charge in [0, 0.05) is 20.1 Å². The minimum atomic E-state index is -0.431. The van der Waals surface area contributed by atoms with Crippen LogP contribution in [0.25, 0.3) is 12.2 Å². The third kappa shape index (κ3) is 4.21. The Morgan fingerprint density at radius 1 is 0.818 bits per heavy atom. The Labute approximate surface area is 143 Å². The van der Waals surface area contributed by atoms with E-state index in [4.69, 9.17) is 0 Å². The van der Waals surface area contributed by atoms with Crippen LogP contribution in [0.15, 0.2) is 57.5 Å². The van der Waals surface area contributed by atoms with E-state index < -0.39 is 11.6 Å². The molecule has 0 unspecified atom stereocenters. The molecule has 22 heavy (non-hydrogen) atoms. The Morgan fingerprint density at radius 3 is 1.59 bits per heavy atom. The minimum absolute atomic E-state index is 0.288. The number of ketones is 1. The summed E-state index contributed by atoms with van der Waals surface area (Å²) in [6, 6.07) is 9.10. The van der Waals surface area contributed by atoms with Gasteiger partial charge in [0.05, 0.1) is 0 Å². The van der Waals surface area contributed by atoms with E-state index in [0.29, 0.717) is 8.95 Å². The van der Waals surface area contributed by atoms with Crippen LogP contribution in [0.5, 0.6) is 0 Å². The van der Waals surface area contributed by atoms with Gasteiger partial charge in [-0.3, -0.25) is 4.79 Å². The standard InChI is InChI=1S/C17H10Br2F2O/c18-14-3-1-5-16(20)12(14)9-7-11(22)8-10-13-15(19)4-2-6-17(13)21/h1-10H/b9-7+,10-8+. The van der Waals surface area contributed by atoms with E-state index >= 15 is 0 Å². The summed E-state index contributed by atoms with van der Waals surface area (Å²) < 4.78 is 28.3. The molecule has 0 amide bonds. The van der Waals surface area contributed by atoms with E-state index in [0.717, 1.165) is 0 Å². The smallest absolute Gasteiger partial charge is 0.178 e. The molecule has 0 N–H and O–H groups in total. The van der Waals surface area contributed by atoms with Crippen LogP contribution >= 0.6 is 31.9 Å². The minimum Gasteiger partial charge on any atom is -0.290 e. The predicted octanol–water partition coefficient (Wildman–Crippen LogP) is 5.79. The molecule has 2 aromatic rings. The van der Waals surface area contributed by atoms with E-state index in [9.17, 15) is 13.6 Å². The number of carbonyl (C=O) groups excluding carboxylic acids is 1. The summed E-state index contributed by atoms with van der Waals surface area (Å²) in [5.74, 6) is -1.23. The zero-order valence-corrected chi connectivity index (χ0v) is 14.4. The van der Waals surface area contributed by atoms with Crippen molar-refractivity contribution in [1.29, 1.82) is 0 Å². The van der Waals surface area contributed by atoms with E-state index in [1.165, 1.54) is 36.4 Å². The molecular weight excluding hydrogens is 418 g/mol. The summed E-state index contributed by atoms with van der Waals surface area (Å²) in [6.07, 6.45) is 5.22. The first-order valence-electron chi connectivity index (χ1n) is 6.27. The SMILES string of the molecule is O=C(/C=C/c1c(F)cccc1Br)/C=C/c1c(F)cccc1Br. The van der Waals surface area contributed by atoms with E-state index in [-0.39, 0.29) is 16.9 Å². The van der Waals surface area contributed by atoms with Crippen LogP contribution in [0.4, 0.5) is 8.78 Å². The fourth-order valence-corrected chi connectivity index (χ4v) is 2.67. The van der Waals surface area contributed by atoms with Gasteiger partial charge in [-0.15, -0.1) is 0 Å². The van der Waals surface area contributed by atoms with Crippen LogP contribution in [0.1, 0.15) is 11.1 Å². The molecule has 0 bridgehead atoms. The number of carbonyl (C=O) groups is 1. The second-order valence-corrected chi connectivity index (χ2v) is 6.05. The van der Waals surface area contributed by atoms with Crippen molar-refractivity contribution < 1.29 is 13.6 Å². The lowest BCUT2D eigenvalue weighted by atomic mass is 10.1. The average molecular weight is 428 g/mol. The highest BCUT2D eigenvalue weighted by molar-refractivity contribution is 9.10. The van der Waals surface area contributed by atoms with Crippen molar-refractivity contribution in [3.05, 3.63) is 80.3 Å². The molecule has 0 saturated carbocycles. The summed E-state index contributed by atoms with van der Waals surface area (Å²) in [4.78, 5) is 11.8. The number of hydrogen-bond acceptors (Lipinski definition) is 1. The van der Waals surface area contributed by atoms with Crippen LogP contribution in [-0.4, -0.2) is 5.78 Å². The third-order valence-corrected chi connectivity index (χ3v) is 4.21. The number of allylic oxidation sites excluding steroid dienone is 2. The monoisotopic (exact) mass is 426 g/mol. The molecule has 5 heteroatoms. The van der Waals surface area contributed by atoms with Crippen molar-refractivity contribution in [1.82, 2.24) is 0 Å². The quantitative estimate of drug-likeness (QED) is 0.564. The maximum atomic E-state index is 13.6. The maximum Gasteiger partial charge on any atom is 0.178 e. The lowest BCUT2D eigenvalue weighted by Crippen LogP contribution is -1.89. The molecule has 0 aromatic heterocycles. The van der Waals surface area contributed by atoms with Crippen LogP contribution in [0.2, 0.25) is 0 Å². The molecule has 0 heterocycles. The molecule has 0 aliphatic heterocycles. The van der Waals surface area contributed by atoms with Gasteiger partial charge in [-0.1, -0.05) is 44.0 Å². The molecule has 0 atom stereocenters.